The first-order valence-corrected chi connectivity index (χ1v) is 7.95. The van der Waals surface area contributed by atoms with Crippen LogP contribution in [0.25, 0.3) is 17.3 Å². The second-order valence-corrected chi connectivity index (χ2v) is 6.05. The number of likely N-dealkylation sites (N-methyl/N-ethyl adjacent to an activating group) is 1. The second-order valence-electron chi connectivity index (χ2n) is 6.05. The van der Waals surface area contributed by atoms with Gasteiger partial charge in [-0.1, -0.05) is 22.5 Å². The Hall–Kier alpha value is -2.29. The zero-order valence-corrected chi connectivity index (χ0v) is 14.9. The van der Waals surface area contributed by atoms with E-state index in [2.05, 4.69) is 37.7 Å². The second kappa shape index (κ2) is 7.30. The van der Waals surface area contributed by atoms with Crippen LogP contribution in [0.5, 0.6) is 0 Å². The molecule has 3 aromatic rings. The van der Waals surface area contributed by atoms with E-state index < -0.39 is 0 Å². The van der Waals surface area contributed by atoms with Crippen LogP contribution in [0.2, 0.25) is 0 Å². The molecule has 0 aliphatic carbocycles. The van der Waals surface area contributed by atoms with Gasteiger partial charge < -0.3 is 9.84 Å². The van der Waals surface area contributed by atoms with Crippen molar-refractivity contribution in [1.29, 1.82) is 0 Å². The van der Waals surface area contributed by atoms with Crippen molar-refractivity contribution in [2.45, 2.75) is 13.0 Å². The van der Waals surface area contributed by atoms with Crippen LogP contribution in [0.3, 0.4) is 0 Å². The van der Waals surface area contributed by atoms with Crippen molar-refractivity contribution in [1.82, 2.24) is 35.4 Å². The standard InChI is InChI=1S/C16H19N7O.ClH/c1-11-4-3-5-12(8-11)23-10-13(19-21-23)16-18-15(20-24-16)14-9-17-6-7-22(14)2;/h3-5,8,10,14,17H,6-7,9H2,1-2H3;1H. The summed E-state index contributed by atoms with van der Waals surface area (Å²) >= 11 is 0. The van der Waals surface area contributed by atoms with E-state index in [-0.39, 0.29) is 18.4 Å². The topological polar surface area (TPSA) is 84.9 Å². The monoisotopic (exact) mass is 361 g/mol. The predicted molar refractivity (Wildman–Crippen MR) is 94.9 cm³/mol. The van der Waals surface area contributed by atoms with Gasteiger partial charge in [0.2, 0.25) is 0 Å². The number of nitrogens with one attached hydrogen (secondary N) is 1. The first-order chi connectivity index (χ1) is 11.7. The fourth-order valence-corrected chi connectivity index (χ4v) is 2.83. The Morgan fingerprint density at radius 1 is 1.32 bits per heavy atom. The molecule has 4 rings (SSSR count). The molecule has 0 amide bonds. The van der Waals surface area contributed by atoms with E-state index in [1.807, 2.05) is 31.2 Å². The molecule has 3 heterocycles. The molecule has 0 saturated carbocycles. The SMILES string of the molecule is Cc1cccc(-n2cc(-c3nc(C4CNCCN4C)no3)nn2)c1.Cl. The smallest absolute Gasteiger partial charge is 0.280 e. The fourth-order valence-electron chi connectivity index (χ4n) is 2.83. The minimum atomic E-state index is 0. The van der Waals surface area contributed by atoms with Crippen LogP contribution in [0.1, 0.15) is 17.4 Å². The van der Waals surface area contributed by atoms with E-state index in [4.69, 9.17) is 4.52 Å². The number of nitrogens with zero attached hydrogens (tertiary/aromatic N) is 6. The highest BCUT2D eigenvalue weighted by Gasteiger charge is 2.26. The molecule has 2 aromatic heterocycles. The molecule has 1 fully saturated rings. The normalized spacial score (nSPS) is 18.1. The van der Waals surface area contributed by atoms with Gasteiger partial charge in [-0.15, -0.1) is 17.5 Å². The number of hydrogen-bond donors (Lipinski definition) is 1. The average molecular weight is 362 g/mol. The van der Waals surface area contributed by atoms with Crippen LogP contribution in [-0.4, -0.2) is 56.7 Å². The van der Waals surface area contributed by atoms with Gasteiger partial charge in [-0.05, 0) is 31.7 Å². The molecular formula is C16H20ClN7O. The molecule has 25 heavy (non-hydrogen) atoms. The summed E-state index contributed by atoms with van der Waals surface area (Å²) in [6.45, 7) is 4.78. The number of benzene rings is 1. The maximum Gasteiger partial charge on any atom is 0.280 e. The van der Waals surface area contributed by atoms with Crippen molar-refractivity contribution in [3.05, 3.63) is 41.9 Å². The maximum atomic E-state index is 5.39. The molecule has 0 radical (unpaired) electrons. The lowest BCUT2D eigenvalue weighted by molar-refractivity contribution is 0.190. The first-order valence-electron chi connectivity index (χ1n) is 7.95. The van der Waals surface area contributed by atoms with Crippen molar-refractivity contribution in [2.75, 3.05) is 26.7 Å². The summed E-state index contributed by atoms with van der Waals surface area (Å²) in [4.78, 5) is 6.72. The Labute approximate surface area is 151 Å². The molecule has 1 atom stereocenters. The molecule has 1 aliphatic heterocycles. The molecule has 132 valence electrons. The zero-order valence-electron chi connectivity index (χ0n) is 14.1. The van der Waals surface area contributed by atoms with Crippen LogP contribution in [-0.2, 0) is 0 Å². The van der Waals surface area contributed by atoms with Gasteiger partial charge in [-0.3, -0.25) is 4.90 Å². The first kappa shape index (κ1) is 17.5. The number of rotatable bonds is 3. The lowest BCUT2D eigenvalue weighted by Crippen LogP contribution is -2.44. The summed E-state index contributed by atoms with van der Waals surface area (Å²) in [6.07, 6.45) is 1.80. The van der Waals surface area contributed by atoms with Gasteiger partial charge in [-0.2, -0.15) is 4.98 Å². The van der Waals surface area contributed by atoms with Crippen molar-refractivity contribution < 1.29 is 4.52 Å². The zero-order chi connectivity index (χ0) is 16.5. The van der Waals surface area contributed by atoms with E-state index >= 15 is 0 Å². The highest BCUT2D eigenvalue weighted by atomic mass is 35.5. The number of piperazine rings is 1. The van der Waals surface area contributed by atoms with Gasteiger partial charge >= 0.3 is 0 Å². The third-order valence-corrected chi connectivity index (χ3v) is 4.23. The summed E-state index contributed by atoms with van der Waals surface area (Å²) in [5.41, 5.74) is 2.68. The summed E-state index contributed by atoms with van der Waals surface area (Å²) in [6, 6.07) is 8.17. The molecule has 1 aliphatic rings. The molecule has 0 bridgehead atoms. The van der Waals surface area contributed by atoms with Gasteiger partial charge in [0.15, 0.2) is 11.5 Å². The lowest BCUT2D eigenvalue weighted by Gasteiger charge is -2.30. The van der Waals surface area contributed by atoms with E-state index in [1.165, 1.54) is 0 Å². The summed E-state index contributed by atoms with van der Waals surface area (Å²) < 4.78 is 7.10. The Morgan fingerprint density at radius 2 is 2.20 bits per heavy atom. The van der Waals surface area contributed by atoms with Crippen LogP contribution in [0.4, 0.5) is 0 Å². The molecule has 1 saturated heterocycles. The van der Waals surface area contributed by atoms with Gasteiger partial charge in [0.1, 0.15) is 0 Å². The molecule has 1 N–H and O–H groups in total. The number of aryl methyl sites for hydroxylation is 1. The van der Waals surface area contributed by atoms with Crippen LogP contribution >= 0.6 is 12.4 Å². The van der Waals surface area contributed by atoms with E-state index in [1.54, 1.807) is 10.9 Å². The predicted octanol–water partition coefficient (Wildman–Crippen LogP) is 1.62. The number of aromatic nitrogens is 5. The Balaban J connectivity index is 0.00000182. The molecule has 1 aromatic carbocycles. The van der Waals surface area contributed by atoms with Crippen LogP contribution in [0.15, 0.2) is 35.0 Å². The highest BCUT2D eigenvalue weighted by Crippen LogP contribution is 2.22. The molecule has 8 nitrogen and oxygen atoms in total. The Bertz CT molecular complexity index is 846. The summed E-state index contributed by atoms with van der Waals surface area (Å²) in [5.74, 6) is 1.06. The number of halogens is 1. The van der Waals surface area contributed by atoms with Crippen molar-refractivity contribution in [2.24, 2.45) is 0 Å². The quantitative estimate of drug-likeness (QED) is 0.758. The van der Waals surface area contributed by atoms with E-state index in [0.29, 0.717) is 17.4 Å². The molecule has 1 unspecified atom stereocenters. The Kier molecular flexibility index (Phi) is 5.12. The molecule has 9 heteroatoms. The maximum absolute atomic E-state index is 5.39. The van der Waals surface area contributed by atoms with Crippen LogP contribution < -0.4 is 5.32 Å². The third-order valence-electron chi connectivity index (χ3n) is 4.23. The third kappa shape index (κ3) is 3.55. The fraction of sp³-hybridized carbons (Fsp3) is 0.375. The van der Waals surface area contributed by atoms with Crippen molar-refractivity contribution in [3.63, 3.8) is 0 Å². The highest BCUT2D eigenvalue weighted by molar-refractivity contribution is 5.85. The minimum Gasteiger partial charge on any atom is -0.332 e. The van der Waals surface area contributed by atoms with Gasteiger partial charge in [0, 0.05) is 19.6 Å². The molecular weight excluding hydrogens is 342 g/mol. The molecule has 0 spiro atoms. The average Bonchev–Trinajstić information content (AvgIpc) is 3.25. The lowest BCUT2D eigenvalue weighted by atomic mass is 10.2. The largest absolute Gasteiger partial charge is 0.332 e. The number of hydrogen-bond acceptors (Lipinski definition) is 7. The van der Waals surface area contributed by atoms with Gasteiger partial charge in [0.05, 0.1) is 17.9 Å². The van der Waals surface area contributed by atoms with Crippen molar-refractivity contribution in [3.8, 4) is 17.3 Å². The summed E-state index contributed by atoms with van der Waals surface area (Å²) in [5, 5.41) is 15.8. The summed E-state index contributed by atoms with van der Waals surface area (Å²) in [7, 11) is 2.07. The van der Waals surface area contributed by atoms with Crippen molar-refractivity contribution >= 4 is 12.4 Å². The van der Waals surface area contributed by atoms with E-state index in [0.717, 1.165) is 30.9 Å². The Morgan fingerprint density at radius 3 is 3.00 bits per heavy atom. The van der Waals surface area contributed by atoms with Gasteiger partial charge in [0.25, 0.3) is 5.89 Å². The van der Waals surface area contributed by atoms with Crippen LogP contribution in [0, 0.1) is 6.92 Å². The minimum absolute atomic E-state index is 0. The van der Waals surface area contributed by atoms with E-state index in [9.17, 15) is 0 Å². The van der Waals surface area contributed by atoms with Gasteiger partial charge in [-0.25, -0.2) is 4.68 Å².